The van der Waals surface area contributed by atoms with E-state index >= 15 is 0 Å². The molecule has 0 radical (unpaired) electrons. The zero-order chi connectivity index (χ0) is 14.3. The van der Waals surface area contributed by atoms with Crippen molar-refractivity contribution in [3.05, 3.63) is 29.8 Å². The van der Waals surface area contributed by atoms with E-state index in [-0.39, 0.29) is 12.6 Å². The highest BCUT2D eigenvalue weighted by Crippen LogP contribution is 2.17. The summed E-state index contributed by atoms with van der Waals surface area (Å²) in [7, 11) is 0. The van der Waals surface area contributed by atoms with E-state index < -0.39 is 23.2 Å². The van der Waals surface area contributed by atoms with Crippen molar-refractivity contribution in [2.45, 2.75) is 39.2 Å². The Kier molecular flexibility index (Phi) is 6.42. The number of hydrogen-bond acceptors (Lipinski definition) is 2. The topological polar surface area (TPSA) is 41.1 Å². The quantitative estimate of drug-likeness (QED) is 0.799. The number of para-hydroxylation sites is 1. The highest BCUT2D eigenvalue weighted by Gasteiger charge is 2.12. The molecular weight excluding hydrogens is 250 g/mol. The lowest BCUT2D eigenvalue weighted by Crippen LogP contribution is -2.36. The Bertz CT molecular complexity index is 404. The normalized spacial score (nSPS) is 12.2. The number of halogens is 2. The van der Waals surface area contributed by atoms with Gasteiger partial charge in [-0.15, -0.1) is 0 Å². The molecular formula is C14H20F2N2O. The summed E-state index contributed by atoms with van der Waals surface area (Å²) in [6.07, 6.45) is 2.90. The van der Waals surface area contributed by atoms with Gasteiger partial charge in [0.05, 0.1) is 6.54 Å². The summed E-state index contributed by atoms with van der Waals surface area (Å²) in [4.78, 5) is 11.6. The third kappa shape index (κ3) is 4.95. The minimum absolute atomic E-state index is 0.0479. The van der Waals surface area contributed by atoms with Crippen LogP contribution in [0.2, 0.25) is 0 Å². The molecule has 19 heavy (non-hydrogen) atoms. The first kappa shape index (κ1) is 15.6. The SMILES string of the molecule is CCCC(CC)NCC(=O)Nc1c(F)cccc1F. The molecule has 1 unspecified atom stereocenters. The van der Waals surface area contributed by atoms with Gasteiger partial charge in [-0.1, -0.05) is 26.3 Å². The number of amides is 1. The van der Waals surface area contributed by atoms with Crippen molar-refractivity contribution in [2.24, 2.45) is 0 Å². The van der Waals surface area contributed by atoms with Crippen LogP contribution in [-0.2, 0) is 4.79 Å². The summed E-state index contributed by atoms with van der Waals surface area (Å²) in [6, 6.07) is 3.73. The fourth-order valence-electron chi connectivity index (χ4n) is 1.84. The predicted octanol–water partition coefficient (Wildman–Crippen LogP) is 3.07. The van der Waals surface area contributed by atoms with Crippen molar-refractivity contribution in [1.29, 1.82) is 0 Å². The van der Waals surface area contributed by atoms with Crippen LogP contribution in [0.25, 0.3) is 0 Å². The summed E-state index contributed by atoms with van der Waals surface area (Å²) in [5, 5.41) is 5.32. The molecule has 0 aliphatic carbocycles. The number of nitrogens with one attached hydrogen (secondary N) is 2. The van der Waals surface area contributed by atoms with Crippen molar-refractivity contribution in [1.82, 2.24) is 5.32 Å². The van der Waals surface area contributed by atoms with Crippen LogP contribution in [0.15, 0.2) is 18.2 Å². The van der Waals surface area contributed by atoms with Crippen molar-refractivity contribution in [3.63, 3.8) is 0 Å². The molecule has 1 amide bonds. The Morgan fingerprint density at radius 1 is 1.26 bits per heavy atom. The smallest absolute Gasteiger partial charge is 0.238 e. The molecule has 1 aromatic rings. The molecule has 1 aromatic carbocycles. The minimum atomic E-state index is -0.769. The Labute approximate surface area is 112 Å². The second-order valence-corrected chi connectivity index (χ2v) is 4.42. The van der Waals surface area contributed by atoms with Crippen LogP contribution in [0.3, 0.4) is 0 Å². The number of hydrogen-bond donors (Lipinski definition) is 2. The van der Waals surface area contributed by atoms with Gasteiger partial charge in [0.1, 0.15) is 17.3 Å². The van der Waals surface area contributed by atoms with Crippen molar-refractivity contribution < 1.29 is 13.6 Å². The van der Waals surface area contributed by atoms with E-state index in [0.29, 0.717) is 0 Å². The van der Waals surface area contributed by atoms with E-state index in [1.165, 1.54) is 6.07 Å². The average Bonchev–Trinajstić information content (AvgIpc) is 2.39. The van der Waals surface area contributed by atoms with Crippen molar-refractivity contribution in [2.75, 3.05) is 11.9 Å². The second-order valence-electron chi connectivity index (χ2n) is 4.42. The van der Waals surface area contributed by atoms with Crippen LogP contribution in [0, 0.1) is 11.6 Å². The highest BCUT2D eigenvalue weighted by molar-refractivity contribution is 5.92. The molecule has 0 saturated carbocycles. The molecule has 1 atom stereocenters. The number of rotatable bonds is 7. The van der Waals surface area contributed by atoms with E-state index in [0.717, 1.165) is 31.4 Å². The Hall–Kier alpha value is -1.49. The molecule has 0 aliphatic rings. The molecule has 0 saturated heterocycles. The fourth-order valence-corrected chi connectivity index (χ4v) is 1.84. The first-order valence-corrected chi connectivity index (χ1v) is 6.55. The van der Waals surface area contributed by atoms with Crippen LogP contribution in [0.5, 0.6) is 0 Å². The fraction of sp³-hybridized carbons (Fsp3) is 0.500. The van der Waals surface area contributed by atoms with E-state index in [4.69, 9.17) is 0 Å². The van der Waals surface area contributed by atoms with Gasteiger partial charge in [0.2, 0.25) is 5.91 Å². The summed E-state index contributed by atoms with van der Waals surface area (Å²) in [5.41, 5.74) is -0.391. The lowest BCUT2D eigenvalue weighted by Gasteiger charge is -2.15. The van der Waals surface area contributed by atoms with Crippen LogP contribution >= 0.6 is 0 Å². The lowest BCUT2D eigenvalue weighted by atomic mass is 10.1. The van der Waals surface area contributed by atoms with Gasteiger partial charge in [0.25, 0.3) is 0 Å². The summed E-state index contributed by atoms with van der Waals surface area (Å²) >= 11 is 0. The van der Waals surface area contributed by atoms with Gasteiger partial charge < -0.3 is 10.6 Å². The Morgan fingerprint density at radius 3 is 2.42 bits per heavy atom. The third-order valence-corrected chi connectivity index (χ3v) is 2.91. The van der Waals surface area contributed by atoms with E-state index in [1.54, 1.807) is 0 Å². The lowest BCUT2D eigenvalue weighted by molar-refractivity contribution is -0.115. The van der Waals surface area contributed by atoms with E-state index in [2.05, 4.69) is 17.6 Å². The van der Waals surface area contributed by atoms with Gasteiger partial charge >= 0.3 is 0 Å². The van der Waals surface area contributed by atoms with Crippen LogP contribution in [0.4, 0.5) is 14.5 Å². The summed E-state index contributed by atoms with van der Waals surface area (Å²) in [5.74, 6) is -1.98. The van der Waals surface area contributed by atoms with Gasteiger partial charge in [-0.3, -0.25) is 4.79 Å². The second kappa shape index (κ2) is 7.84. The summed E-state index contributed by atoms with van der Waals surface area (Å²) < 4.78 is 26.6. The van der Waals surface area contributed by atoms with Crippen LogP contribution in [0.1, 0.15) is 33.1 Å². The molecule has 0 fully saturated rings. The van der Waals surface area contributed by atoms with Crippen LogP contribution in [-0.4, -0.2) is 18.5 Å². The third-order valence-electron chi connectivity index (χ3n) is 2.91. The number of carbonyl (C=O) groups is 1. The van der Waals surface area contributed by atoms with Gasteiger partial charge in [0.15, 0.2) is 0 Å². The van der Waals surface area contributed by atoms with Gasteiger partial charge in [-0.05, 0) is 25.0 Å². The van der Waals surface area contributed by atoms with Gasteiger partial charge in [0, 0.05) is 6.04 Å². The summed E-state index contributed by atoms with van der Waals surface area (Å²) in [6.45, 7) is 4.15. The molecule has 0 spiro atoms. The number of carbonyl (C=O) groups excluding carboxylic acids is 1. The monoisotopic (exact) mass is 270 g/mol. The minimum Gasteiger partial charge on any atom is -0.320 e. The Balaban J connectivity index is 2.51. The first-order valence-electron chi connectivity index (χ1n) is 6.55. The van der Waals surface area contributed by atoms with Crippen molar-refractivity contribution in [3.8, 4) is 0 Å². The molecule has 0 heterocycles. The van der Waals surface area contributed by atoms with Gasteiger partial charge in [-0.25, -0.2) is 8.78 Å². The van der Waals surface area contributed by atoms with Crippen molar-refractivity contribution >= 4 is 11.6 Å². The molecule has 2 N–H and O–H groups in total. The largest absolute Gasteiger partial charge is 0.320 e. The zero-order valence-electron chi connectivity index (χ0n) is 11.3. The predicted molar refractivity (Wildman–Crippen MR) is 72.0 cm³/mol. The van der Waals surface area contributed by atoms with E-state index in [9.17, 15) is 13.6 Å². The standard InChI is InChI=1S/C14H20F2N2O/c1-3-6-10(4-2)17-9-13(19)18-14-11(15)7-5-8-12(14)16/h5,7-8,10,17H,3-4,6,9H2,1-2H3,(H,18,19). The highest BCUT2D eigenvalue weighted by atomic mass is 19.1. The molecule has 106 valence electrons. The molecule has 0 bridgehead atoms. The molecule has 3 nitrogen and oxygen atoms in total. The van der Waals surface area contributed by atoms with E-state index in [1.807, 2.05) is 6.92 Å². The van der Waals surface area contributed by atoms with Gasteiger partial charge in [-0.2, -0.15) is 0 Å². The van der Waals surface area contributed by atoms with Crippen LogP contribution < -0.4 is 10.6 Å². The Morgan fingerprint density at radius 2 is 1.89 bits per heavy atom. The first-order chi connectivity index (χ1) is 9.08. The molecule has 0 aromatic heterocycles. The maximum Gasteiger partial charge on any atom is 0.238 e. The molecule has 1 rings (SSSR count). The zero-order valence-corrected chi connectivity index (χ0v) is 11.3. The number of benzene rings is 1. The average molecular weight is 270 g/mol. The number of anilines is 1. The molecule has 5 heteroatoms. The molecule has 0 aliphatic heterocycles. The maximum absolute atomic E-state index is 13.3. The maximum atomic E-state index is 13.3.